The van der Waals surface area contributed by atoms with Crippen LogP contribution in [0.5, 0.6) is 23.0 Å². The quantitative estimate of drug-likeness (QED) is 0.222. The molecule has 0 aromatic heterocycles. The van der Waals surface area contributed by atoms with E-state index in [1.165, 1.54) is 30.2 Å². The van der Waals surface area contributed by atoms with Crippen molar-refractivity contribution in [2.45, 2.75) is 81.9 Å². The highest BCUT2D eigenvalue weighted by atomic mass is 32.2. The molecule has 3 heterocycles. The number of sulfonamides is 1. The predicted octanol–water partition coefficient (Wildman–Crippen LogP) is 2.75. The summed E-state index contributed by atoms with van der Waals surface area (Å²) < 4.78 is 53.0. The minimum atomic E-state index is -4.33. The molecular formula is C42H53N5O10S. The molecule has 312 valence electrons. The van der Waals surface area contributed by atoms with Gasteiger partial charge in [0.05, 0.1) is 24.6 Å². The molecule has 3 aromatic rings. The average molecular weight is 820 g/mol. The standard InChI is InChI=1S/C42H53N5O10S/c1-26(2)19-31-25-57-33-13-9-29(10-14-33)21-36(46-58(52,53)34-15-16-37-38(22-34)56-18-17-55-37)41(50)45-35(20-28-7-11-32(54-4)12-8-28)40(49)43-27(3)42(51)47(23-30-5-6-30)24-39(48)44-31/h7-16,22,26-27,30-31,35-36,46H,5-6,17-21,23-25H2,1-4H3,(H,43,49)(H,44,48)(H,45,50)/t27-,31+,35+,36+/m1/s1. The number of nitrogens with zero attached hydrogens (tertiary/aromatic N) is 1. The molecule has 1 aliphatic carbocycles. The van der Waals surface area contributed by atoms with Gasteiger partial charge in [-0.05, 0) is 92.0 Å². The van der Waals surface area contributed by atoms with Crippen LogP contribution in [-0.2, 0) is 42.0 Å². The first-order chi connectivity index (χ1) is 27.8. The van der Waals surface area contributed by atoms with Crippen molar-refractivity contribution < 1.29 is 46.5 Å². The second-order valence-corrected chi connectivity index (χ2v) is 17.3. The van der Waals surface area contributed by atoms with Crippen molar-refractivity contribution in [1.82, 2.24) is 25.6 Å². The Kier molecular flexibility index (Phi) is 13.8. The molecule has 3 aliphatic heterocycles. The molecule has 0 radical (unpaired) electrons. The summed E-state index contributed by atoms with van der Waals surface area (Å²) in [5.41, 5.74) is 1.27. The van der Waals surface area contributed by atoms with Crippen molar-refractivity contribution >= 4 is 33.7 Å². The average Bonchev–Trinajstić information content (AvgIpc) is 4.03. The Morgan fingerprint density at radius 2 is 1.57 bits per heavy atom. The molecule has 16 heteroatoms. The fourth-order valence-corrected chi connectivity index (χ4v) is 8.16. The molecule has 1 saturated carbocycles. The van der Waals surface area contributed by atoms with Gasteiger partial charge in [-0.2, -0.15) is 4.72 Å². The van der Waals surface area contributed by atoms with Crippen LogP contribution in [0.15, 0.2) is 71.6 Å². The highest BCUT2D eigenvalue weighted by Gasteiger charge is 2.34. The first-order valence-corrected chi connectivity index (χ1v) is 21.2. The summed E-state index contributed by atoms with van der Waals surface area (Å²) >= 11 is 0. The Balaban J connectivity index is 1.34. The number of carbonyl (C=O) groups is 4. The number of hydrogen-bond acceptors (Lipinski definition) is 10. The van der Waals surface area contributed by atoms with Gasteiger partial charge in [-0.1, -0.05) is 38.1 Å². The van der Waals surface area contributed by atoms with Crippen LogP contribution >= 0.6 is 0 Å². The maximum absolute atomic E-state index is 14.3. The smallest absolute Gasteiger partial charge is 0.245 e. The van der Waals surface area contributed by atoms with Crippen LogP contribution in [-0.4, -0.2) is 101 Å². The van der Waals surface area contributed by atoms with Gasteiger partial charge in [0.15, 0.2) is 11.5 Å². The van der Waals surface area contributed by atoms with E-state index in [2.05, 4.69) is 20.7 Å². The zero-order chi connectivity index (χ0) is 41.4. The fraction of sp³-hybridized carbons (Fsp3) is 0.476. The van der Waals surface area contributed by atoms with Crippen LogP contribution in [0.4, 0.5) is 0 Å². The van der Waals surface area contributed by atoms with E-state index in [0.717, 1.165) is 12.8 Å². The minimum Gasteiger partial charge on any atom is -0.497 e. The lowest BCUT2D eigenvalue weighted by molar-refractivity contribution is -0.140. The van der Waals surface area contributed by atoms with Crippen LogP contribution in [0.1, 0.15) is 51.2 Å². The van der Waals surface area contributed by atoms with Crippen molar-refractivity contribution in [2.24, 2.45) is 11.8 Å². The largest absolute Gasteiger partial charge is 0.497 e. The van der Waals surface area contributed by atoms with Crippen LogP contribution in [0, 0.1) is 11.8 Å². The van der Waals surface area contributed by atoms with E-state index < -0.39 is 45.9 Å². The second kappa shape index (κ2) is 18.9. The maximum Gasteiger partial charge on any atom is 0.245 e. The van der Waals surface area contributed by atoms with Crippen LogP contribution < -0.4 is 39.6 Å². The molecule has 4 aliphatic rings. The van der Waals surface area contributed by atoms with Gasteiger partial charge in [0.1, 0.15) is 49.4 Å². The molecule has 15 nitrogen and oxygen atoms in total. The topological polar surface area (TPSA) is 191 Å². The van der Waals surface area contributed by atoms with Crippen molar-refractivity contribution in [2.75, 3.05) is 40.0 Å². The zero-order valence-electron chi connectivity index (χ0n) is 33.3. The lowest BCUT2D eigenvalue weighted by Gasteiger charge is -2.29. The number of ether oxygens (including phenoxy) is 4. The third-order valence-corrected chi connectivity index (χ3v) is 11.6. The Hall–Kier alpha value is -5.35. The van der Waals surface area contributed by atoms with Crippen molar-refractivity contribution in [3.05, 3.63) is 77.9 Å². The number of nitrogens with one attached hydrogen (secondary N) is 4. The van der Waals surface area contributed by atoms with E-state index in [4.69, 9.17) is 18.9 Å². The van der Waals surface area contributed by atoms with Gasteiger partial charge in [-0.25, -0.2) is 8.42 Å². The van der Waals surface area contributed by atoms with Gasteiger partial charge in [-0.3, -0.25) is 19.2 Å². The number of amides is 4. The number of methoxy groups -OCH3 is 1. The molecule has 0 unspecified atom stereocenters. The Morgan fingerprint density at radius 3 is 2.24 bits per heavy atom. The molecule has 7 rings (SSSR count). The predicted molar refractivity (Wildman–Crippen MR) is 214 cm³/mol. The number of hydrogen-bond donors (Lipinski definition) is 4. The van der Waals surface area contributed by atoms with Gasteiger partial charge in [0.2, 0.25) is 33.7 Å². The monoisotopic (exact) mass is 819 g/mol. The highest BCUT2D eigenvalue weighted by molar-refractivity contribution is 7.89. The molecule has 0 spiro atoms. The van der Waals surface area contributed by atoms with Crippen LogP contribution in [0.25, 0.3) is 0 Å². The van der Waals surface area contributed by atoms with Crippen molar-refractivity contribution in [3.63, 3.8) is 0 Å². The molecule has 2 bridgehead atoms. The third-order valence-electron chi connectivity index (χ3n) is 10.2. The van der Waals surface area contributed by atoms with Crippen molar-refractivity contribution in [1.29, 1.82) is 0 Å². The Labute approximate surface area is 339 Å². The van der Waals surface area contributed by atoms with E-state index in [1.54, 1.807) is 55.5 Å². The summed E-state index contributed by atoms with van der Waals surface area (Å²) in [4.78, 5) is 57.2. The summed E-state index contributed by atoms with van der Waals surface area (Å²) in [5, 5.41) is 8.60. The lowest BCUT2D eigenvalue weighted by Crippen LogP contribution is -2.58. The summed E-state index contributed by atoms with van der Waals surface area (Å²) in [6.45, 7) is 6.54. The van der Waals surface area contributed by atoms with Gasteiger partial charge in [-0.15, -0.1) is 0 Å². The lowest BCUT2D eigenvalue weighted by atomic mass is 10.0. The second-order valence-electron chi connectivity index (χ2n) is 15.5. The molecule has 3 aromatic carbocycles. The number of fused-ring (bicyclic) bond motifs is 18. The SMILES string of the molecule is COc1ccc(C[C@@H]2NC(=O)[C@@H](NS(=O)(=O)c3ccc4c(c3)OCCO4)Cc3ccc(cc3)OC[C@H](CC(C)C)NC(=O)CN(CC3CC3)C(=O)[C@@H](C)NC2=O)cc1. The van der Waals surface area contributed by atoms with Crippen LogP contribution in [0.3, 0.4) is 0 Å². The number of carbonyl (C=O) groups excluding carboxylic acids is 4. The first kappa shape index (κ1) is 42.3. The summed E-state index contributed by atoms with van der Waals surface area (Å²) in [5.74, 6) is 0.0464. The Morgan fingerprint density at radius 1 is 0.862 bits per heavy atom. The highest BCUT2D eigenvalue weighted by Crippen LogP contribution is 2.32. The van der Waals surface area contributed by atoms with E-state index >= 15 is 0 Å². The minimum absolute atomic E-state index is 0.00157. The molecule has 4 N–H and O–H groups in total. The fourth-order valence-electron chi connectivity index (χ4n) is 6.95. The summed E-state index contributed by atoms with van der Waals surface area (Å²) in [7, 11) is -2.80. The van der Waals surface area contributed by atoms with E-state index in [-0.39, 0.29) is 67.0 Å². The van der Waals surface area contributed by atoms with Gasteiger partial charge < -0.3 is 39.8 Å². The van der Waals surface area contributed by atoms with Gasteiger partial charge in [0.25, 0.3) is 0 Å². The van der Waals surface area contributed by atoms with Gasteiger partial charge >= 0.3 is 0 Å². The summed E-state index contributed by atoms with van der Waals surface area (Å²) in [6, 6.07) is 14.0. The molecule has 4 atom stereocenters. The Bertz CT molecular complexity index is 2040. The molecule has 4 amide bonds. The van der Waals surface area contributed by atoms with E-state index in [1.807, 2.05) is 13.8 Å². The molecule has 58 heavy (non-hydrogen) atoms. The normalized spacial score (nSPS) is 22.4. The van der Waals surface area contributed by atoms with E-state index in [9.17, 15) is 27.6 Å². The number of benzene rings is 3. The molecule has 1 fully saturated rings. The maximum atomic E-state index is 14.3. The molecular weight excluding hydrogens is 767 g/mol. The van der Waals surface area contributed by atoms with Crippen molar-refractivity contribution in [3.8, 4) is 23.0 Å². The van der Waals surface area contributed by atoms with Gasteiger partial charge in [0, 0.05) is 19.0 Å². The number of rotatable bonds is 10. The van der Waals surface area contributed by atoms with E-state index in [0.29, 0.717) is 47.9 Å². The first-order valence-electron chi connectivity index (χ1n) is 19.7. The molecule has 0 saturated heterocycles. The summed E-state index contributed by atoms with van der Waals surface area (Å²) in [6.07, 6.45) is 2.41. The zero-order valence-corrected chi connectivity index (χ0v) is 34.1. The van der Waals surface area contributed by atoms with Crippen LogP contribution in [0.2, 0.25) is 0 Å². The third kappa shape index (κ3) is 11.6.